The number of anilines is 1. The maximum atomic E-state index is 12.4. The molecule has 166 valence electrons. The quantitative estimate of drug-likeness (QED) is 0.499. The number of thiocarbonyl (C=S) groups is 1. The number of carbonyl (C=O) groups excluding carboxylic acids is 1. The summed E-state index contributed by atoms with van der Waals surface area (Å²) in [4.78, 5) is 12.4. The van der Waals surface area contributed by atoms with Crippen LogP contribution in [-0.2, 0) is 6.42 Å². The summed E-state index contributed by atoms with van der Waals surface area (Å²) in [5, 5.41) is 10.5. The topological polar surface area (TPSA) is 53.2 Å². The van der Waals surface area contributed by atoms with Crippen LogP contribution in [0, 0.1) is 19.8 Å². The van der Waals surface area contributed by atoms with Crippen LogP contribution in [0.2, 0.25) is 0 Å². The Hall–Kier alpha value is -2.40. The second-order valence-electron chi connectivity index (χ2n) is 8.79. The predicted molar refractivity (Wildman–Crippen MR) is 134 cm³/mol. The van der Waals surface area contributed by atoms with Crippen molar-refractivity contribution in [2.75, 3.05) is 11.9 Å². The third-order valence-electron chi connectivity index (χ3n) is 6.06. The summed E-state index contributed by atoms with van der Waals surface area (Å²) in [5.74, 6) is 0.703. The van der Waals surface area contributed by atoms with E-state index < -0.39 is 0 Å². The molecule has 5 heteroatoms. The van der Waals surface area contributed by atoms with Crippen molar-refractivity contribution in [2.24, 2.45) is 5.92 Å². The Bertz CT molecular complexity index is 903. The smallest absolute Gasteiger partial charge is 0.251 e. The van der Waals surface area contributed by atoms with Crippen molar-refractivity contribution >= 4 is 28.9 Å². The minimum Gasteiger partial charge on any atom is -0.360 e. The number of aryl methyl sites for hydroxylation is 2. The van der Waals surface area contributed by atoms with Gasteiger partial charge in [0.05, 0.1) is 0 Å². The van der Waals surface area contributed by atoms with Gasteiger partial charge in [-0.25, -0.2) is 0 Å². The van der Waals surface area contributed by atoms with Gasteiger partial charge in [-0.15, -0.1) is 0 Å². The molecule has 4 nitrogen and oxygen atoms in total. The fourth-order valence-electron chi connectivity index (χ4n) is 4.29. The van der Waals surface area contributed by atoms with Crippen molar-refractivity contribution in [3.8, 4) is 0 Å². The highest BCUT2D eigenvalue weighted by Gasteiger charge is 2.22. The second kappa shape index (κ2) is 11.3. The lowest BCUT2D eigenvalue weighted by Gasteiger charge is -2.30. The average Bonchev–Trinajstić information content (AvgIpc) is 2.74. The molecule has 0 radical (unpaired) electrons. The Morgan fingerprint density at radius 2 is 1.84 bits per heavy atom. The Balaban J connectivity index is 1.47. The van der Waals surface area contributed by atoms with Gasteiger partial charge in [-0.05, 0) is 105 Å². The van der Waals surface area contributed by atoms with E-state index in [-0.39, 0.29) is 5.91 Å². The van der Waals surface area contributed by atoms with Crippen LogP contribution in [0.1, 0.15) is 66.1 Å². The van der Waals surface area contributed by atoms with E-state index in [0.717, 1.165) is 49.0 Å². The number of carbonyl (C=O) groups is 1. The van der Waals surface area contributed by atoms with Gasteiger partial charge in [-0.3, -0.25) is 4.79 Å². The summed E-state index contributed by atoms with van der Waals surface area (Å²) in [6.45, 7) is 6.88. The highest BCUT2D eigenvalue weighted by atomic mass is 32.1. The lowest BCUT2D eigenvalue weighted by Crippen LogP contribution is -2.40. The third kappa shape index (κ3) is 7.06. The summed E-state index contributed by atoms with van der Waals surface area (Å²) in [6.07, 6.45) is 6.58. The first-order chi connectivity index (χ1) is 14.9. The van der Waals surface area contributed by atoms with Crippen molar-refractivity contribution in [3.63, 3.8) is 0 Å². The van der Waals surface area contributed by atoms with Gasteiger partial charge in [0.15, 0.2) is 5.11 Å². The summed E-state index contributed by atoms with van der Waals surface area (Å²) < 4.78 is 0. The Morgan fingerprint density at radius 3 is 2.55 bits per heavy atom. The zero-order valence-electron chi connectivity index (χ0n) is 19.0. The third-order valence-corrected chi connectivity index (χ3v) is 6.28. The van der Waals surface area contributed by atoms with Gasteiger partial charge in [0.25, 0.3) is 5.91 Å². The van der Waals surface area contributed by atoms with Crippen LogP contribution in [-0.4, -0.2) is 23.6 Å². The monoisotopic (exact) mass is 437 g/mol. The molecule has 0 aliphatic heterocycles. The predicted octanol–water partition coefficient (Wildman–Crippen LogP) is 5.53. The van der Waals surface area contributed by atoms with E-state index in [9.17, 15) is 4.79 Å². The first kappa shape index (κ1) is 23.3. The highest BCUT2D eigenvalue weighted by molar-refractivity contribution is 7.80. The molecule has 2 aromatic carbocycles. The van der Waals surface area contributed by atoms with Crippen LogP contribution in [0.25, 0.3) is 0 Å². The zero-order valence-corrected chi connectivity index (χ0v) is 19.8. The summed E-state index contributed by atoms with van der Waals surface area (Å²) >= 11 is 5.52. The first-order valence-corrected chi connectivity index (χ1v) is 11.9. The molecule has 0 aromatic heterocycles. The van der Waals surface area contributed by atoms with Gasteiger partial charge in [0, 0.05) is 23.8 Å². The van der Waals surface area contributed by atoms with Crippen LogP contribution in [0.5, 0.6) is 0 Å². The van der Waals surface area contributed by atoms with E-state index in [1.54, 1.807) is 0 Å². The molecular formula is C26H35N3OS. The Labute approximate surface area is 192 Å². The molecule has 0 bridgehead atoms. The van der Waals surface area contributed by atoms with E-state index in [4.69, 9.17) is 12.2 Å². The van der Waals surface area contributed by atoms with Gasteiger partial charge in [-0.1, -0.05) is 31.2 Å². The van der Waals surface area contributed by atoms with Gasteiger partial charge in [0.1, 0.15) is 0 Å². The minimum atomic E-state index is 0.0451. The first-order valence-electron chi connectivity index (χ1n) is 11.5. The molecule has 3 N–H and O–H groups in total. The molecule has 1 fully saturated rings. The normalized spacial score (nSPS) is 18.3. The van der Waals surface area contributed by atoms with Gasteiger partial charge in [-0.2, -0.15) is 0 Å². The minimum absolute atomic E-state index is 0.0451. The van der Waals surface area contributed by atoms with Crippen molar-refractivity contribution in [3.05, 3.63) is 64.7 Å². The molecule has 1 aliphatic carbocycles. The average molecular weight is 438 g/mol. The molecule has 0 heterocycles. The molecule has 0 spiro atoms. The lowest BCUT2D eigenvalue weighted by molar-refractivity contribution is 0.0953. The van der Waals surface area contributed by atoms with E-state index in [0.29, 0.717) is 17.1 Å². The largest absolute Gasteiger partial charge is 0.360 e. The molecule has 0 atom stereocenters. The van der Waals surface area contributed by atoms with Crippen molar-refractivity contribution in [1.82, 2.24) is 10.6 Å². The van der Waals surface area contributed by atoms with Crippen LogP contribution in [0.15, 0.2) is 42.5 Å². The molecule has 2 aromatic rings. The van der Waals surface area contributed by atoms with Gasteiger partial charge >= 0.3 is 0 Å². The van der Waals surface area contributed by atoms with Crippen molar-refractivity contribution < 1.29 is 4.79 Å². The molecule has 0 unspecified atom stereocenters. The maximum absolute atomic E-state index is 12.4. The van der Waals surface area contributed by atoms with E-state index >= 15 is 0 Å². The number of hydrogen-bond acceptors (Lipinski definition) is 2. The molecular weight excluding hydrogens is 402 g/mol. The molecule has 31 heavy (non-hydrogen) atoms. The van der Waals surface area contributed by atoms with Gasteiger partial charge < -0.3 is 16.0 Å². The number of hydrogen-bond donors (Lipinski definition) is 3. The summed E-state index contributed by atoms with van der Waals surface area (Å²) in [7, 11) is 0. The van der Waals surface area contributed by atoms with Crippen LogP contribution in [0.3, 0.4) is 0 Å². The lowest BCUT2D eigenvalue weighted by atomic mass is 9.82. The summed E-state index contributed by atoms with van der Waals surface area (Å²) in [5.41, 5.74) is 5.37. The molecule has 3 rings (SSSR count). The molecule has 1 saturated carbocycles. The fourth-order valence-corrected chi connectivity index (χ4v) is 4.58. The SMILES string of the molecule is CCCNC(=O)c1cc(CC2CCC(NC(=S)Nc3cccc(C)c3)CC2)ccc1C. The molecule has 0 saturated heterocycles. The number of nitrogens with one attached hydrogen (secondary N) is 3. The Morgan fingerprint density at radius 1 is 1.06 bits per heavy atom. The fraction of sp³-hybridized carbons (Fsp3) is 0.462. The molecule has 1 aliphatic rings. The van der Waals surface area contributed by atoms with E-state index in [1.165, 1.54) is 24.0 Å². The van der Waals surface area contributed by atoms with Gasteiger partial charge in [0.2, 0.25) is 0 Å². The maximum Gasteiger partial charge on any atom is 0.251 e. The zero-order chi connectivity index (χ0) is 22.2. The van der Waals surface area contributed by atoms with E-state index in [2.05, 4.69) is 60.1 Å². The highest BCUT2D eigenvalue weighted by Crippen LogP contribution is 2.28. The Kier molecular flexibility index (Phi) is 8.47. The van der Waals surface area contributed by atoms with Crippen LogP contribution in [0.4, 0.5) is 5.69 Å². The van der Waals surface area contributed by atoms with Crippen molar-refractivity contribution in [2.45, 2.75) is 65.3 Å². The second-order valence-corrected chi connectivity index (χ2v) is 9.20. The van der Waals surface area contributed by atoms with Crippen LogP contribution < -0.4 is 16.0 Å². The van der Waals surface area contributed by atoms with Crippen molar-refractivity contribution in [1.29, 1.82) is 0 Å². The number of benzene rings is 2. The standard InChI is InChI=1S/C26H35N3OS/c1-4-14-27-25(30)24-17-21(9-8-19(24)3)16-20-10-12-22(13-11-20)28-26(31)29-23-7-5-6-18(2)15-23/h5-9,15,17,20,22H,4,10-14,16H2,1-3H3,(H,27,30)(H2,28,29,31). The number of rotatable bonds is 7. The number of amides is 1. The molecule has 1 amide bonds. The summed E-state index contributed by atoms with van der Waals surface area (Å²) in [6, 6.07) is 15.0. The van der Waals surface area contributed by atoms with E-state index in [1.807, 2.05) is 19.1 Å². The van der Waals surface area contributed by atoms with Crippen LogP contribution >= 0.6 is 12.2 Å².